The summed E-state index contributed by atoms with van der Waals surface area (Å²) in [6, 6.07) is 14.8. The van der Waals surface area contributed by atoms with Gasteiger partial charge in [-0.15, -0.1) is 0 Å². The second-order valence-electron chi connectivity index (χ2n) is 3.64. The van der Waals surface area contributed by atoms with Crippen molar-refractivity contribution in [2.75, 3.05) is 0 Å². The molecule has 0 saturated heterocycles. The molecule has 0 bridgehead atoms. The number of nitriles is 1. The van der Waals surface area contributed by atoms with Crippen LogP contribution in [0.3, 0.4) is 0 Å². The van der Waals surface area contributed by atoms with Gasteiger partial charge in [-0.2, -0.15) is 5.26 Å². The van der Waals surface area contributed by atoms with Gasteiger partial charge in [0.1, 0.15) is 12.4 Å². The van der Waals surface area contributed by atoms with Crippen molar-refractivity contribution in [3.63, 3.8) is 0 Å². The number of ether oxygens (including phenoxy) is 1. The van der Waals surface area contributed by atoms with Gasteiger partial charge >= 0.3 is 0 Å². The van der Waals surface area contributed by atoms with E-state index >= 15 is 0 Å². The lowest BCUT2D eigenvalue weighted by Crippen LogP contribution is -1.97. The molecule has 90 valence electrons. The lowest BCUT2D eigenvalue weighted by atomic mass is 10.1. The van der Waals surface area contributed by atoms with Crippen molar-refractivity contribution in [1.29, 1.82) is 5.26 Å². The van der Waals surface area contributed by atoms with Crippen molar-refractivity contribution < 1.29 is 4.74 Å². The minimum atomic E-state index is 0.368. The van der Waals surface area contributed by atoms with Gasteiger partial charge in [0, 0.05) is 10.6 Å². The molecule has 0 aliphatic rings. The summed E-state index contributed by atoms with van der Waals surface area (Å²) in [5.41, 5.74) is 1.40. The van der Waals surface area contributed by atoms with E-state index in [-0.39, 0.29) is 0 Å². The third kappa shape index (κ3) is 3.04. The van der Waals surface area contributed by atoms with E-state index in [0.717, 1.165) is 15.8 Å². The minimum Gasteiger partial charge on any atom is -0.488 e. The van der Waals surface area contributed by atoms with E-state index in [1.807, 2.05) is 30.3 Å². The number of halogens is 2. The maximum atomic E-state index is 8.75. The quantitative estimate of drug-likeness (QED) is 0.830. The highest BCUT2D eigenvalue weighted by Gasteiger charge is 2.04. The highest BCUT2D eigenvalue weighted by molar-refractivity contribution is 9.10. The molecule has 2 rings (SSSR count). The molecule has 4 heteroatoms. The molecule has 0 aliphatic heterocycles. The molecule has 2 nitrogen and oxygen atoms in total. The first-order valence-corrected chi connectivity index (χ1v) is 6.43. The Morgan fingerprint density at radius 3 is 2.67 bits per heavy atom. The Labute approximate surface area is 119 Å². The van der Waals surface area contributed by atoms with Crippen LogP contribution in [-0.2, 0) is 6.61 Å². The van der Waals surface area contributed by atoms with Crippen LogP contribution in [0.5, 0.6) is 5.75 Å². The predicted octanol–water partition coefficient (Wildman–Crippen LogP) is 4.55. The second kappa shape index (κ2) is 5.90. The number of nitrogens with zero attached hydrogens (tertiary/aromatic N) is 1. The fraction of sp³-hybridized carbons (Fsp3) is 0.0714. The molecule has 0 unspecified atom stereocenters. The summed E-state index contributed by atoms with van der Waals surface area (Å²) in [5.74, 6) is 0.762. The van der Waals surface area contributed by atoms with Crippen LogP contribution >= 0.6 is 27.5 Å². The standard InChI is InChI=1S/C14H9BrClNO/c15-12-3-1-2-4-14(12)18-9-11-6-5-10(8-17)7-13(11)16/h1-7H,9H2. The lowest BCUT2D eigenvalue weighted by Gasteiger charge is -2.09. The maximum absolute atomic E-state index is 8.75. The molecule has 0 saturated carbocycles. The van der Waals surface area contributed by atoms with Gasteiger partial charge in [-0.05, 0) is 40.2 Å². The van der Waals surface area contributed by atoms with E-state index in [0.29, 0.717) is 17.2 Å². The predicted molar refractivity (Wildman–Crippen MR) is 74.6 cm³/mol. The Balaban J connectivity index is 2.12. The average Bonchev–Trinajstić information content (AvgIpc) is 2.39. The molecule has 0 amide bonds. The fourth-order valence-electron chi connectivity index (χ4n) is 1.45. The van der Waals surface area contributed by atoms with Gasteiger partial charge < -0.3 is 4.74 Å². The van der Waals surface area contributed by atoms with Gasteiger partial charge in [0.05, 0.1) is 16.1 Å². The smallest absolute Gasteiger partial charge is 0.133 e. The van der Waals surface area contributed by atoms with Crippen LogP contribution in [0.2, 0.25) is 5.02 Å². The Bertz CT molecular complexity index is 607. The normalized spacial score (nSPS) is 9.83. The van der Waals surface area contributed by atoms with Crippen LogP contribution in [0.4, 0.5) is 0 Å². The largest absolute Gasteiger partial charge is 0.488 e. The van der Waals surface area contributed by atoms with Crippen LogP contribution in [0.25, 0.3) is 0 Å². The Morgan fingerprint density at radius 1 is 1.22 bits per heavy atom. The summed E-state index contributed by atoms with van der Waals surface area (Å²) in [4.78, 5) is 0. The highest BCUT2D eigenvalue weighted by Crippen LogP contribution is 2.26. The van der Waals surface area contributed by atoms with Crippen molar-refractivity contribution in [2.45, 2.75) is 6.61 Å². The summed E-state index contributed by atoms with van der Waals surface area (Å²) in [7, 11) is 0. The summed E-state index contributed by atoms with van der Waals surface area (Å²) in [6.07, 6.45) is 0. The van der Waals surface area contributed by atoms with E-state index in [4.69, 9.17) is 21.6 Å². The highest BCUT2D eigenvalue weighted by atomic mass is 79.9. The van der Waals surface area contributed by atoms with Gasteiger partial charge in [-0.1, -0.05) is 29.8 Å². The van der Waals surface area contributed by atoms with E-state index < -0.39 is 0 Å². The summed E-state index contributed by atoms with van der Waals surface area (Å²) in [6.45, 7) is 0.368. The summed E-state index contributed by atoms with van der Waals surface area (Å²) >= 11 is 9.48. The van der Waals surface area contributed by atoms with Gasteiger partial charge in [0.2, 0.25) is 0 Å². The molecule has 0 heterocycles. The minimum absolute atomic E-state index is 0.368. The van der Waals surface area contributed by atoms with Crippen LogP contribution in [0, 0.1) is 11.3 Å². The van der Waals surface area contributed by atoms with Crippen LogP contribution in [0.15, 0.2) is 46.9 Å². The zero-order chi connectivity index (χ0) is 13.0. The first kappa shape index (κ1) is 12.9. The molecule has 18 heavy (non-hydrogen) atoms. The molecule has 0 fully saturated rings. The SMILES string of the molecule is N#Cc1ccc(COc2ccccc2Br)c(Cl)c1. The van der Waals surface area contributed by atoms with Gasteiger partial charge in [-0.3, -0.25) is 0 Å². The van der Waals surface area contributed by atoms with Crippen molar-refractivity contribution in [1.82, 2.24) is 0 Å². The summed E-state index contributed by atoms with van der Waals surface area (Å²) in [5, 5.41) is 9.29. The fourth-order valence-corrected chi connectivity index (χ4v) is 2.09. The molecule has 0 aromatic heterocycles. The van der Waals surface area contributed by atoms with Crippen LogP contribution in [-0.4, -0.2) is 0 Å². The molecular weight excluding hydrogens is 314 g/mol. The monoisotopic (exact) mass is 321 g/mol. The topological polar surface area (TPSA) is 33.0 Å². The Hall–Kier alpha value is -1.50. The number of para-hydroxylation sites is 1. The molecular formula is C14H9BrClNO. The Kier molecular flexibility index (Phi) is 4.24. The van der Waals surface area contributed by atoms with E-state index in [9.17, 15) is 0 Å². The van der Waals surface area contributed by atoms with Crippen LogP contribution in [0.1, 0.15) is 11.1 Å². The van der Waals surface area contributed by atoms with Crippen molar-refractivity contribution >= 4 is 27.5 Å². The third-order valence-electron chi connectivity index (χ3n) is 2.40. The van der Waals surface area contributed by atoms with Gasteiger partial charge in [-0.25, -0.2) is 0 Å². The van der Waals surface area contributed by atoms with Crippen molar-refractivity contribution in [2.24, 2.45) is 0 Å². The van der Waals surface area contributed by atoms with E-state index in [1.165, 1.54) is 0 Å². The number of hydrogen-bond donors (Lipinski definition) is 0. The third-order valence-corrected chi connectivity index (χ3v) is 3.41. The molecule has 2 aromatic carbocycles. The molecule has 0 aliphatic carbocycles. The molecule has 0 N–H and O–H groups in total. The van der Waals surface area contributed by atoms with E-state index in [1.54, 1.807) is 18.2 Å². The summed E-state index contributed by atoms with van der Waals surface area (Å²) < 4.78 is 6.56. The van der Waals surface area contributed by atoms with Crippen molar-refractivity contribution in [3.8, 4) is 11.8 Å². The maximum Gasteiger partial charge on any atom is 0.133 e. The van der Waals surface area contributed by atoms with Gasteiger partial charge in [0.25, 0.3) is 0 Å². The molecule has 0 atom stereocenters. The number of rotatable bonds is 3. The van der Waals surface area contributed by atoms with Crippen LogP contribution < -0.4 is 4.74 Å². The number of hydrogen-bond acceptors (Lipinski definition) is 2. The first-order valence-electron chi connectivity index (χ1n) is 5.26. The lowest BCUT2D eigenvalue weighted by molar-refractivity contribution is 0.304. The molecule has 2 aromatic rings. The Morgan fingerprint density at radius 2 is 2.00 bits per heavy atom. The zero-order valence-electron chi connectivity index (χ0n) is 9.36. The zero-order valence-corrected chi connectivity index (χ0v) is 11.7. The average molecular weight is 323 g/mol. The second-order valence-corrected chi connectivity index (χ2v) is 4.90. The van der Waals surface area contributed by atoms with Gasteiger partial charge in [0.15, 0.2) is 0 Å². The van der Waals surface area contributed by atoms with E-state index in [2.05, 4.69) is 15.9 Å². The van der Waals surface area contributed by atoms with Crippen molar-refractivity contribution in [3.05, 3.63) is 63.1 Å². The first-order chi connectivity index (χ1) is 8.70. The molecule has 0 spiro atoms. The number of benzene rings is 2. The molecule has 0 radical (unpaired) electrons.